The van der Waals surface area contributed by atoms with E-state index in [1.54, 1.807) is 7.11 Å². The maximum atomic E-state index is 13.7. The Kier molecular flexibility index (Phi) is 10.2. The van der Waals surface area contributed by atoms with Gasteiger partial charge in [0.1, 0.15) is 5.75 Å². The van der Waals surface area contributed by atoms with E-state index in [-0.39, 0.29) is 22.7 Å². The second kappa shape index (κ2) is 14.4. The third-order valence-corrected chi connectivity index (χ3v) is 12.9. The zero-order valence-electron chi connectivity index (χ0n) is 30.6. The average Bonchev–Trinajstić information content (AvgIpc) is 3.42. The minimum atomic E-state index is -0.541. The molecule has 3 fully saturated rings. The number of carbonyl (C=O) groups is 1. The van der Waals surface area contributed by atoms with Crippen LogP contribution in [-0.4, -0.2) is 42.0 Å². The van der Waals surface area contributed by atoms with E-state index in [0.29, 0.717) is 37.3 Å². The number of aliphatic hydroxyl groups is 1. The van der Waals surface area contributed by atoms with Gasteiger partial charge in [-0.1, -0.05) is 100 Å². The van der Waals surface area contributed by atoms with Gasteiger partial charge in [0.05, 0.1) is 26.4 Å². The van der Waals surface area contributed by atoms with Gasteiger partial charge in [-0.15, -0.1) is 0 Å². The number of aliphatic hydroxyl groups excluding tert-OH is 1. The maximum absolute atomic E-state index is 13.7. The molecule has 1 amide bonds. The highest BCUT2D eigenvalue weighted by molar-refractivity contribution is 5.76. The van der Waals surface area contributed by atoms with E-state index in [2.05, 4.69) is 63.2 Å². The van der Waals surface area contributed by atoms with Crippen molar-refractivity contribution in [1.82, 2.24) is 4.90 Å². The smallest absolute Gasteiger partial charge is 0.223 e. The molecule has 6 nitrogen and oxygen atoms in total. The highest BCUT2D eigenvalue weighted by Gasteiger charge is 2.66. The number of ether oxygens (including phenoxy) is 3. The lowest BCUT2D eigenvalue weighted by Crippen LogP contribution is -2.58. The fraction of sp³-hybridized carbons (Fsp3) is 0.568. The van der Waals surface area contributed by atoms with E-state index in [1.807, 2.05) is 41.3 Å². The fourth-order valence-electron chi connectivity index (χ4n) is 10.2. The molecule has 1 saturated heterocycles. The van der Waals surface area contributed by atoms with E-state index >= 15 is 0 Å². The van der Waals surface area contributed by atoms with Crippen LogP contribution in [0.5, 0.6) is 5.75 Å². The highest BCUT2D eigenvalue weighted by Crippen LogP contribution is 2.68. The molecular weight excluding hydrogens is 622 g/mol. The summed E-state index contributed by atoms with van der Waals surface area (Å²) in [7, 11) is 1.70. The Morgan fingerprint density at radius 3 is 2.14 bits per heavy atom. The first-order valence-electron chi connectivity index (χ1n) is 19.1. The van der Waals surface area contributed by atoms with Crippen molar-refractivity contribution in [3.8, 4) is 5.75 Å². The Balaban J connectivity index is 1.05. The highest BCUT2D eigenvalue weighted by atomic mass is 16.7. The zero-order valence-corrected chi connectivity index (χ0v) is 30.6. The van der Waals surface area contributed by atoms with Crippen LogP contribution >= 0.6 is 0 Å². The average molecular weight is 680 g/mol. The van der Waals surface area contributed by atoms with Gasteiger partial charge >= 0.3 is 0 Å². The summed E-state index contributed by atoms with van der Waals surface area (Å²) in [4.78, 5) is 15.7. The molecule has 2 saturated carbocycles. The number of rotatable bonds is 11. The number of hydrogen-bond acceptors (Lipinski definition) is 5. The topological polar surface area (TPSA) is 68.2 Å². The molecule has 4 aliphatic rings. The van der Waals surface area contributed by atoms with Crippen molar-refractivity contribution in [3.05, 3.63) is 101 Å². The van der Waals surface area contributed by atoms with Crippen LogP contribution in [0.25, 0.3) is 0 Å². The van der Waals surface area contributed by atoms with Crippen molar-refractivity contribution >= 4 is 5.91 Å². The van der Waals surface area contributed by atoms with Crippen LogP contribution in [0.3, 0.4) is 0 Å². The van der Waals surface area contributed by atoms with Crippen LogP contribution in [0.15, 0.2) is 78.9 Å². The monoisotopic (exact) mass is 679 g/mol. The van der Waals surface area contributed by atoms with Gasteiger partial charge in [-0.25, -0.2) is 0 Å². The molecule has 50 heavy (non-hydrogen) atoms. The molecule has 0 radical (unpaired) electrons. The summed E-state index contributed by atoms with van der Waals surface area (Å²) in [6, 6.07) is 26.9. The van der Waals surface area contributed by atoms with Crippen LogP contribution in [0.2, 0.25) is 0 Å². The Morgan fingerprint density at radius 2 is 1.50 bits per heavy atom. The van der Waals surface area contributed by atoms with Crippen LogP contribution in [-0.2, 0) is 27.4 Å². The first-order valence-corrected chi connectivity index (χ1v) is 19.1. The van der Waals surface area contributed by atoms with Crippen molar-refractivity contribution in [2.75, 3.05) is 20.3 Å². The standard InChI is InChI=1S/C44H57NO5/c1-42(2)29-49-44(50-30-42)25-23-38-40-35(22-24-43(38,44)3)34-21-20-33(48-4)26-37(34)41(47)36(40)18-12-7-13-19-39(46)45(27-31-14-8-5-9-15-31)28-32-16-10-6-11-17-32/h5-6,8-11,14-17,20-21,26,35-36,38,40-41,47H,7,12-13,18-19,22-25,27-30H2,1-4H3/t35-,36+,38+,40+,41?,43+/m1/s1. The second-order valence-corrected chi connectivity index (χ2v) is 16.7. The van der Waals surface area contributed by atoms with Crippen LogP contribution in [0.1, 0.15) is 113 Å². The molecule has 0 bridgehead atoms. The van der Waals surface area contributed by atoms with Gasteiger partial charge in [0.15, 0.2) is 5.79 Å². The predicted octanol–water partition coefficient (Wildman–Crippen LogP) is 9.22. The van der Waals surface area contributed by atoms with Crippen molar-refractivity contribution < 1.29 is 24.1 Å². The molecule has 268 valence electrons. The van der Waals surface area contributed by atoms with Crippen molar-refractivity contribution in [2.24, 2.45) is 28.6 Å². The van der Waals surface area contributed by atoms with Gasteiger partial charge in [0.25, 0.3) is 0 Å². The first kappa shape index (κ1) is 35.2. The molecule has 1 aliphatic heterocycles. The number of benzene rings is 3. The van der Waals surface area contributed by atoms with Crippen LogP contribution in [0.4, 0.5) is 0 Å². The number of amides is 1. The number of unbranched alkanes of at least 4 members (excludes halogenated alkanes) is 2. The van der Waals surface area contributed by atoms with Crippen molar-refractivity contribution in [1.29, 1.82) is 0 Å². The second-order valence-electron chi connectivity index (χ2n) is 16.7. The van der Waals surface area contributed by atoms with Gasteiger partial charge in [-0.2, -0.15) is 0 Å². The Hall–Kier alpha value is -3.19. The van der Waals surface area contributed by atoms with Gasteiger partial charge in [0.2, 0.25) is 5.91 Å². The summed E-state index contributed by atoms with van der Waals surface area (Å²) >= 11 is 0. The molecule has 0 aromatic heterocycles. The molecule has 6 heteroatoms. The van der Waals surface area contributed by atoms with Gasteiger partial charge in [-0.05, 0) is 90.2 Å². The number of nitrogens with zero attached hydrogens (tertiary/aromatic N) is 1. The van der Waals surface area contributed by atoms with Crippen LogP contribution in [0, 0.1) is 28.6 Å². The Morgan fingerprint density at radius 1 is 0.840 bits per heavy atom. The lowest BCUT2D eigenvalue weighted by molar-refractivity contribution is -0.346. The summed E-state index contributed by atoms with van der Waals surface area (Å²) in [5.41, 5.74) is 4.59. The summed E-state index contributed by atoms with van der Waals surface area (Å²) in [6.07, 6.45) is 7.88. The number of methoxy groups -OCH3 is 1. The van der Waals surface area contributed by atoms with Gasteiger partial charge in [0, 0.05) is 36.8 Å². The molecule has 1 N–H and O–H groups in total. The first-order chi connectivity index (χ1) is 24.1. The third-order valence-electron chi connectivity index (χ3n) is 12.9. The van der Waals surface area contributed by atoms with Crippen LogP contribution < -0.4 is 4.74 Å². The van der Waals surface area contributed by atoms with E-state index in [9.17, 15) is 9.90 Å². The Bertz CT molecular complexity index is 1560. The summed E-state index contributed by atoms with van der Waals surface area (Å²) in [5.74, 6) is 1.81. The van der Waals surface area contributed by atoms with E-state index in [1.165, 1.54) is 5.56 Å². The largest absolute Gasteiger partial charge is 0.497 e. The van der Waals surface area contributed by atoms with E-state index in [0.717, 1.165) is 87.0 Å². The molecule has 7 rings (SSSR count). The minimum absolute atomic E-state index is 0.0277. The van der Waals surface area contributed by atoms with E-state index in [4.69, 9.17) is 14.2 Å². The molecule has 3 aromatic carbocycles. The summed E-state index contributed by atoms with van der Waals surface area (Å²) in [5, 5.41) is 12.2. The minimum Gasteiger partial charge on any atom is -0.497 e. The fourth-order valence-corrected chi connectivity index (χ4v) is 10.2. The molecular formula is C44H57NO5. The molecule has 6 atom stereocenters. The predicted molar refractivity (Wildman–Crippen MR) is 196 cm³/mol. The number of fused-ring (bicyclic) bond motifs is 6. The summed E-state index contributed by atoms with van der Waals surface area (Å²) < 4.78 is 19.1. The number of hydrogen-bond donors (Lipinski definition) is 1. The molecule has 3 aromatic rings. The molecule has 1 unspecified atom stereocenters. The SMILES string of the molecule is COc1ccc2c(c1)C(O)[C@@H](CCCCCC(=O)N(Cc1ccccc1)Cc1ccccc1)[C@@H]1[C@@H]2CC[C@@]2(C)[C@H]1CCC21OCC(C)(C)CO1. The lowest BCUT2D eigenvalue weighted by Gasteiger charge is -2.58. The zero-order chi connectivity index (χ0) is 34.9. The van der Waals surface area contributed by atoms with Gasteiger partial charge in [-0.3, -0.25) is 4.79 Å². The van der Waals surface area contributed by atoms with Crippen molar-refractivity contribution in [3.63, 3.8) is 0 Å². The van der Waals surface area contributed by atoms with Crippen molar-refractivity contribution in [2.45, 2.75) is 109 Å². The lowest BCUT2D eigenvalue weighted by atomic mass is 9.51. The molecule has 1 heterocycles. The number of carbonyl (C=O) groups excluding carboxylic acids is 1. The molecule has 1 spiro atoms. The molecule has 3 aliphatic carbocycles. The van der Waals surface area contributed by atoms with E-state index < -0.39 is 11.9 Å². The quantitative estimate of drug-likeness (QED) is 0.205. The summed E-state index contributed by atoms with van der Waals surface area (Å²) in [6.45, 7) is 9.55. The third kappa shape index (κ3) is 6.76. The normalized spacial score (nSPS) is 29.1. The Labute approximate surface area is 299 Å². The van der Waals surface area contributed by atoms with Gasteiger partial charge < -0.3 is 24.2 Å². The maximum Gasteiger partial charge on any atom is 0.223 e.